The molecule has 0 N–H and O–H groups in total. The third-order valence-corrected chi connectivity index (χ3v) is 3.47. The monoisotopic (exact) mass is 286 g/mol. The molecule has 0 saturated carbocycles. The van der Waals surface area contributed by atoms with Crippen LogP contribution in [0.1, 0.15) is 38.3 Å². The lowest BCUT2D eigenvalue weighted by atomic mass is 9.94. The summed E-state index contributed by atoms with van der Waals surface area (Å²) in [5.74, 6) is -0.807. The zero-order valence-electron chi connectivity index (χ0n) is 11.5. The van der Waals surface area contributed by atoms with Crippen molar-refractivity contribution < 1.29 is 23.5 Å². The van der Waals surface area contributed by atoms with Gasteiger partial charge in [-0.15, -0.1) is 0 Å². The number of ketones is 1. The average Bonchev–Trinajstić information content (AvgIpc) is 3.03. The summed E-state index contributed by atoms with van der Waals surface area (Å²) in [5, 5.41) is 0. The highest BCUT2D eigenvalue weighted by Gasteiger charge is 2.30. The van der Waals surface area contributed by atoms with Gasteiger partial charge in [-0.25, -0.2) is 4.79 Å². The molecule has 0 aliphatic carbocycles. The second kappa shape index (κ2) is 5.54. The Bertz CT molecular complexity index is 685. The Morgan fingerprint density at radius 2 is 1.90 bits per heavy atom. The van der Waals surface area contributed by atoms with Crippen molar-refractivity contribution in [2.24, 2.45) is 0 Å². The minimum Gasteiger partial charge on any atom is -0.463 e. The van der Waals surface area contributed by atoms with Gasteiger partial charge in [0.1, 0.15) is 6.10 Å². The Hall–Kier alpha value is -2.40. The summed E-state index contributed by atoms with van der Waals surface area (Å²) >= 11 is 0. The molecule has 108 valence electrons. The molecule has 1 aromatic carbocycles. The first kappa shape index (κ1) is 13.6. The Balaban J connectivity index is 1.89. The van der Waals surface area contributed by atoms with Crippen molar-refractivity contribution in [3.63, 3.8) is 0 Å². The van der Waals surface area contributed by atoms with Crippen LogP contribution in [0, 0.1) is 0 Å². The number of hydrogen-bond acceptors (Lipinski definition) is 5. The number of esters is 1. The van der Waals surface area contributed by atoms with Gasteiger partial charge < -0.3 is 13.9 Å². The minimum atomic E-state index is -0.688. The zero-order chi connectivity index (χ0) is 14.8. The van der Waals surface area contributed by atoms with Crippen molar-refractivity contribution in [1.29, 1.82) is 0 Å². The largest absolute Gasteiger partial charge is 0.463 e. The van der Waals surface area contributed by atoms with Gasteiger partial charge in [0.25, 0.3) is 0 Å². The van der Waals surface area contributed by atoms with Crippen LogP contribution in [0.3, 0.4) is 0 Å². The van der Waals surface area contributed by atoms with Crippen LogP contribution < -0.4 is 0 Å². The second-order valence-corrected chi connectivity index (χ2v) is 4.72. The van der Waals surface area contributed by atoms with E-state index >= 15 is 0 Å². The van der Waals surface area contributed by atoms with Gasteiger partial charge in [-0.1, -0.05) is 24.3 Å². The molecule has 0 fully saturated rings. The Morgan fingerprint density at radius 3 is 2.71 bits per heavy atom. The normalized spacial score (nSPS) is 17.1. The number of benzene rings is 1. The molecule has 1 aromatic heterocycles. The summed E-state index contributed by atoms with van der Waals surface area (Å²) < 4.78 is 15.4. The molecule has 3 rings (SSSR count). The molecule has 5 nitrogen and oxygen atoms in total. The van der Waals surface area contributed by atoms with E-state index in [0.29, 0.717) is 6.61 Å². The summed E-state index contributed by atoms with van der Waals surface area (Å²) in [6.45, 7) is 0.484. The summed E-state index contributed by atoms with van der Waals surface area (Å²) in [4.78, 5) is 23.9. The van der Waals surface area contributed by atoms with E-state index < -0.39 is 12.1 Å². The Labute approximate surface area is 121 Å². The maximum atomic E-state index is 12.5. The number of methoxy groups -OCH3 is 1. The van der Waals surface area contributed by atoms with E-state index in [1.54, 1.807) is 0 Å². The van der Waals surface area contributed by atoms with E-state index in [2.05, 4.69) is 4.74 Å². The predicted molar refractivity (Wildman–Crippen MR) is 73.2 cm³/mol. The molecule has 0 radical (unpaired) electrons. The van der Waals surface area contributed by atoms with Crippen LogP contribution >= 0.6 is 0 Å². The van der Waals surface area contributed by atoms with Gasteiger partial charge in [0.15, 0.2) is 5.76 Å². The number of furan rings is 1. The van der Waals surface area contributed by atoms with Crippen molar-refractivity contribution in [1.82, 2.24) is 0 Å². The van der Waals surface area contributed by atoms with E-state index in [1.807, 2.05) is 24.3 Å². The molecule has 0 amide bonds. The molecule has 5 heteroatoms. The molecular weight excluding hydrogens is 272 g/mol. The number of hydrogen-bond donors (Lipinski definition) is 0. The van der Waals surface area contributed by atoms with Gasteiger partial charge in [0.05, 0.1) is 13.7 Å². The summed E-state index contributed by atoms with van der Waals surface area (Å²) in [5.41, 5.74) is 1.95. The molecule has 1 aliphatic heterocycles. The van der Waals surface area contributed by atoms with Gasteiger partial charge in [-0.05, 0) is 29.7 Å². The third kappa shape index (κ3) is 2.48. The maximum absolute atomic E-state index is 12.5. The molecule has 0 spiro atoms. The van der Waals surface area contributed by atoms with E-state index in [-0.39, 0.29) is 17.3 Å². The lowest BCUT2D eigenvalue weighted by molar-refractivity contribution is 0.0323. The van der Waals surface area contributed by atoms with Gasteiger partial charge in [0, 0.05) is 0 Å². The van der Waals surface area contributed by atoms with Gasteiger partial charge in [-0.2, -0.15) is 0 Å². The van der Waals surface area contributed by atoms with Crippen molar-refractivity contribution in [2.45, 2.75) is 12.5 Å². The van der Waals surface area contributed by atoms with Crippen molar-refractivity contribution in [2.75, 3.05) is 13.7 Å². The van der Waals surface area contributed by atoms with Crippen LogP contribution in [0.15, 0.2) is 40.8 Å². The Kier molecular flexibility index (Phi) is 3.58. The highest BCUT2D eigenvalue weighted by Crippen LogP contribution is 2.30. The van der Waals surface area contributed by atoms with E-state index in [0.717, 1.165) is 17.5 Å². The van der Waals surface area contributed by atoms with Crippen molar-refractivity contribution in [3.05, 3.63) is 59.0 Å². The summed E-state index contributed by atoms with van der Waals surface area (Å²) in [7, 11) is 1.26. The number of fused-ring (bicyclic) bond motifs is 1. The van der Waals surface area contributed by atoms with Crippen molar-refractivity contribution >= 4 is 11.8 Å². The molecule has 1 atom stereocenters. The van der Waals surface area contributed by atoms with Crippen LogP contribution in [0.5, 0.6) is 0 Å². The first-order chi connectivity index (χ1) is 10.2. The number of ether oxygens (including phenoxy) is 2. The van der Waals surface area contributed by atoms with Crippen LogP contribution in [0.25, 0.3) is 0 Å². The number of rotatable bonds is 3. The van der Waals surface area contributed by atoms with Crippen LogP contribution in [-0.2, 0) is 15.9 Å². The quantitative estimate of drug-likeness (QED) is 0.641. The lowest BCUT2D eigenvalue weighted by Crippen LogP contribution is -2.23. The van der Waals surface area contributed by atoms with Gasteiger partial charge in [0.2, 0.25) is 11.5 Å². The molecular formula is C16H14O5. The summed E-state index contributed by atoms with van der Waals surface area (Å²) in [6, 6.07) is 10.6. The molecule has 21 heavy (non-hydrogen) atoms. The van der Waals surface area contributed by atoms with E-state index in [9.17, 15) is 9.59 Å². The SMILES string of the molecule is COC(=O)c1ccc(C(=O)C2OCCc3ccccc32)o1. The molecule has 0 saturated heterocycles. The van der Waals surface area contributed by atoms with Crippen LogP contribution in [0.4, 0.5) is 0 Å². The highest BCUT2D eigenvalue weighted by molar-refractivity contribution is 5.99. The molecule has 1 aliphatic rings. The maximum Gasteiger partial charge on any atom is 0.373 e. The topological polar surface area (TPSA) is 65.7 Å². The zero-order valence-corrected chi connectivity index (χ0v) is 11.5. The van der Waals surface area contributed by atoms with E-state index in [4.69, 9.17) is 9.15 Å². The highest BCUT2D eigenvalue weighted by atomic mass is 16.5. The number of Topliss-reactive ketones (excluding diaryl/α,β-unsaturated/α-hetero) is 1. The number of carbonyl (C=O) groups is 2. The fraction of sp³-hybridized carbons (Fsp3) is 0.250. The average molecular weight is 286 g/mol. The fourth-order valence-corrected chi connectivity index (χ4v) is 2.42. The second-order valence-electron chi connectivity index (χ2n) is 4.72. The third-order valence-electron chi connectivity index (χ3n) is 3.47. The lowest BCUT2D eigenvalue weighted by Gasteiger charge is -2.24. The fourth-order valence-electron chi connectivity index (χ4n) is 2.42. The summed E-state index contributed by atoms with van der Waals surface area (Å²) in [6.07, 6.45) is 0.0949. The molecule has 2 heterocycles. The standard InChI is InChI=1S/C16H14O5/c1-19-16(18)13-7-6-12(21-13)14(17)15-11-5-3-2-4-10(11)8-9-20-15/h2-7,15H,8-9H2,1H3. The van der Waals surface area contributed by atoms with Crippen molar-refractivity contribution in [3.8, 4) is 0 Å². The molecule has 1 unspecified atom stereocenters. The first-order valence-electron chi connectivity index (χ1n) is 6.62. The molecule has 0 bridgehead atoms. The van der Waals surface area contributed by atoms with Gasteiger partial charge >= 0.3 is 5.97 Å². The van der Waals surface area contributed by atoms with E-state index in [1.165, 1.54) is 19.2 Å². The smallest absolute Gasteiger partial charge is 0.373 e. The molecule has 2 aromatic rings. The minimum absolute atomic E-state index is 0.00458. The first-order valence-corrected chi connectivity index (χ1v) is 6.62. The van der Waals surface area contributed by atoms with Gasteiger partial charge in [-0.3, -0.25) is 4.79 Å². The number of carbonyl (C=O) groups excluding carboxylic acids is 2. The Morgan fingerprint density at radius 1 is 1.14 bits per heavy atom. The predicted octanol–water partition coefficient (Wildman–Crippen LogP) is 2.56. The van der Waals surface area contributed by atoms with Crippen LogP contribution in [0.2, 0.25) is 0 Å². The van der Waals surface area contributed by atoms with Crippen LogP contribution in [-0.4, -0.2) is 25.5 Å².